The molecule has 2 atom stereocenters. The summed E-state index contributed by atoms with van der Waals surface area (Å²) >= 11 is 0. The van der Waals surface area contributed by atoms with Crippen molar-refractivity contribution in [1.29, 1.82) is 0 Å². The third-order valence-corrected chi connectivity index (χ3v) is 7.37. The van der Waals surface area contributed by atoms with Gasteiger partial charge in [0, 0.05) is 57.3 Å². The van der Waals surface area contributed by atoms with Crippen LogP contribution >= 0.6 is 0 Å². The highest BCUT2D eigenvalue weighted by atomic mass is 19.1. The van der Waals surface area contributed by atoms with Gasteiger partial charge in [0.25, 0.3) is 0 Å². The van der Waals surface area contributed by atoms with E-state index in [0.29, 0.717) is 30.7 Å². The van der Waals surface area contributed by atoms with Gasteiger partial charge in [0.15, 0.2) is 0 Å². The lowest BCUT2D eigenvalue weighted by Crippen LogP contribution is -2.56. The molecule has 0 N–H and O–H groups in total. The summed E-state index contributed by atoms with van der Waals surface area (Å²) in [6.45, 7) is 8.89. The number of carbonyl (C=O) groups excluding carboxylic acids is 1. The predicted octanol–water partition coefficient (Wildman–Crippen LogP) is 4.19. The number of anilines is 1. The van der Waals surface area contributed by atoms with Gasteiger partial charge in [-0.2, -0.15) is 0 Å². The molecule has 0 saturated carbocycles. The van der Waals surface area contributed by atoms with Crippen molar-refractivity contribution in [3.8, 4) is 5.75 Å². The monoisotopic (exact) mass is 483 g/mol. The summed E-state index contributed by atoms with van der Waals surface area (Å²) in [5, 5.41) is 0. The Hall–Kier alpha value is -2.64. The van der Waals surface area contributed by atoms with Gasteiger partial charge in [-0.1, -0.05) is 30.3 Å². The minimum Gasteiger partial charge on any atom is -0.494 e. The Kier molecular flexibility index (Phi) is 8.99. The summed E-state index contributed by atoms with van der Waals surface area (Å²) in [5.74, 6) is 1.03. The second kappa shape index (κ2) is 12.4. The molecule has 2 saturated heterocycles. The number of methoxy groups -OCH3 is 1. The topological polar surface area (TPSA) is 45.2 Å². The molecule has 0 aromatic heterocycles. The lowest BCUT2D eigenvalue weighted by Gasteiger charge is -2.47. The highest BCUT2D eigenvalue weighted by Gasteiger charge is 2.35. The Bertz CT molecular complexity index is 964. The number of likely N-dealkylation sites (tertiary alicyclic amines) is 1. The van der Waals surface area contributed by atoms with E-state index >= 15 is 0 Å². The number of esters is 1. The van der Waals surface area contributed by atoms with Gasteiger partial charge >= 0.3 is 5.97 Å². The average Bonchev–Trinajstić information content (AvgIpc) is 2.89. The number of nitrogens with zero attached hydrogens (tertiary/aromatic N) is 3. The first-order valence-corrected chi connectivity index (χ1v) is 12.8. The predicted molar refractivity (Wildman–Crippen MR) is 136 cm³/mol. The molecule has 2 aromatic carbocycles. The van der Waals surface area contributed by atoms with Gasteiger partial charge < -0.3 is 14.4 Å². The molecule has 0 amide bonds. The van der Waals surface area contributed by atoms with Gasteiger partial charge in [-0.15, -0.1) is 0 Å². The molecule has 4 rings (SSSR count). The van der Waals surface area contributed by atoms with Crippen molar-refractivity contribution in [2.75, 3.05) is 57.9 Å². The minimum atomic E-state index is -0.155. The van der Waals surface area contributed by atoms with Crippen LogP contribution in [0.3, 0.4) is 0 Å². The Morgan fingerprint density at radius 1 is 1.03 bits per heavy atom. The lowest BCUT2D eigenvalue weighted by molar-refractivity contribution is -0.141. The number of piperazine rings is 1. The Labute approximate surface area is 208 Å². The summed E-state index contributed by atoms with van der Waals surface area (Å²) in [6, 6.07) is 15.7. The Balaban J connectivity index is 1.41. The number of carbonyl (C=O) groups is 1. The molecule has 2 heterocycles. The number of halogens is 1. The minimum absolute atomic E-state index is 0.146. The van der Waals surface area contributed by atoms with Crippen molar-refractivity contribution in [1.82, 2.24) is 9.80 Å². The van der Waals surface area contributed by atoms with E-state index < -0.39 is 0 Å². The second-order valence-corrected chi connectivity index (χ2v) is 9.48. The smallest absolute Gasteiger partial charge is 0.305 e. The van der Waals surface area contributed by atoms with Crippen molar-refractivity contribution in [2.24, 2.45) is 5.92 Å². The molecule has 0 aliphatic carbocycles. The van der Waals surface area contributed by atoms with E-state index in [1.807, 2.05) is 31.2 Å². The van der Waals surface area contributed by atoms with Gasteiger partial charge in [0.2, 0.25) is 0 Å². The second-order valence-electron chi connectivity index (χ2n) is 9.48. The molecular formula is C28H38FN3O3. The normalized spacial score (nSPS) is 21.6. The Morgan fingerprint density at radius 3 is 2.51 bits per heavy atom. The fourth-order valence-corrected chi connectivity index (χ4v) is 5.58. The van der Waals surface area contributed by atoms with Gasteiger partial charge in [-0.3, -0.25) is 14.6 Å². The molecule has 190 valence electrons. The molecule has 2 fully saturated rings. The average molecular weight is 484 g/mol. The van der Waals surface area contributed by atoms with Crippen LogP contribution in [-0.2, 0) is 16.1 Å². The highest BCUT2D eigenvalue weighted by molar-refractivity contribution is 5.69. The summed E-state index contributed by atoms with van der Waals surface area (Å²) in [5.41, 5.74) is 1.90. The van der Waals surface area contributed by atoms with Crippen molar-refractivity contribution >= 4 is 11.7 Å². The van der Waals surface area contributed by atoms with E-state index in [-0.39, 0.29) is 11.8 Å². The number of para-hydroxylation sites is 2. The van der Waals surface area contributed by atoms with E-state index in [9.17, 15) is 9.18 Å². The van der Waals surface area contributed by atoms with Crippen LogP contribution < -0.4 is 9.64 Å². The van der Waals surface area contributed by atoms with Crippen molar-refractivity contribution in [3.63, 3.8) is 0 Å². The van der Waals surface area contributed by atoms with E-state index in [2.05, 4.69) is 26.8 Å². The number of hydrogen-bond donors (Lipinski definition) is 0. The van der Waals surface area contributed by atoms with E-state index in [1.54, 1.807) is 6.07 Å². The molecule has 35 heavy (non-hydrogen) atoms. The first kappa shape index (κ1) is 25.5. The molecule has 0 spiro atoms. The fourth-order valence-electron chi connectivity index (χ4n) is 5.58. The van der Waals surface area contributed by atoms with Gasteiger partial charge in [-0.05, 0) is 50.4 Å². The third kappa shape index (κ3) is 6.53. The fraction of sp³-hybridized carbons (Fsp3) is 0.536. The zero-order valence-electron chi connectivity index (χ0n) is 21.0. The van der Waals surface area contributed by atoms with Crippen LogP contribution in [0.4, 0.5) is 10.1 Å². The maximum absolute atomic E-state index is 14.3. The summed E-state index contributed by atoms with van der Waals surface area (Å²) in [7, 11) is 1.46. The maximum atomic E-state index is 14.3. The molecular weight excluding hydrogens is 445 g/mol. The van der Waals surface area contributed by atoms with Crippen LogP contribution in [0.1, 0.15) is 31.7 Å². The van der Waals surface area contributed by atoms with Crippen molar-refractivity contribution in [2.45, 2.75) is 38.8 Å². The molecule has 6 nitrogen and oxygen atoms in total. The van der Waals surface area contributed by atoms with Crippen LogP contribution in [0.2, 0.25) is 0 Å². The van der Waals surface area contributed by atoms with Crippen LogP contribution in [0, 0.1) is 11.7 Å². The summed E-state index contributed by atoms with van der Waals surface area (Å²) in [4.78, 5) is 19.2. The van der Waals surface area contributed by atoms with E-state index in [1.165, 1.54) is 18.7 Å². The first-order chi connectivity index (χ1) is 17.1. The molecule has 0 radical (unpaired) electrons. The van der Waals surface area contributed by atoms with E-state index in [0.717, 1.165) is 64.4 Å². The quantitative estimate of drug-likeness (QED) is 0.499. The van der Waals surface area contributed by atoms with Crippen molar-refractivity contribution in [3.05, 3.63) is 59.9 Å². The zero-order chi connectivity index (χ0) is 24.6. The number of rotatable bonds is 9. The number of ether oxygens (including phenoxy) is 2. The molecule has 2 aromatic rings. The van der Waals surface area contributed by atoms with Gasteiger partial charge in [0.05, 0.1) is 19.4 Å². The molecule has 0 unspecified atom stereocenters. The standard InChI is InChI=1S/C28H38FN3O3/c1-3-35-27-11-7-4-8-23(27)21-30-15-14-25(22(20-30)12-13-28(33)34-2)31-16-18-32(19-17-31)26-10-6-5-9-24(26)29/h4-11,22,25H,3,12-21H2,1-2H3/t22-,25+/m0/s1. The summed E-state index contributed by atoms with van der Waals surface area (Å²) in [6.07, 6.45) is 2.31. The Morgan fingerprint density at radius 2 is 1.77 bits per heavy atom. The SMILES string of the molecule is CCOc1ccccc1CN1CC[C@@H](N2CCN(c3ccccc3F)CC2)[C@@H](CCC(=O)OC)C1. The van der Waals surface area contributed by atoms with Gasteiger partial charge in [-0.25, -0.2) is 4.39 Å². The van der Waals surface area contributed by atoms with Gasteiger partial charge in [0.1, 0.15) is 11.6 Å². The van der Waals surface area contributed by atoms with Crippen LogP contribution in [0.5, 0.6) is 5.75 Å². The highest BCUT2D eigenvalue weighted by Crippen LogP contribution is 2.30. The molecule has 2 aliphatic heterocycles. The number of benzene rings is 2. The number of hydrogen-bond acceptors (Lipinski definition) is 6. The van der Waals surface area contributed by atoms with E-state index in [4.69, 9.17) is 9.47 Å². The van der Waals surface area contributed by atoms with Crippen LogP contribution in [0.15, 0.2) is 48.5 Å². The van der Waals surface area contributed by atoms with Crippen LogP contribution in [0.25, 0.3) is 0 Å². The molecule has 0 bridgehead atoms. The third-order valence-electron chi connectivity index (χ3n) is 7.37. The van der Waals surface area contributed by atoms with Crippen molar-refractivity contribution < 1.29 is 18.7 Å². The summed E-state index contributed by atoms with van der Waals surface area (Å²) < 4.78 is 25.1. The molecule has 2 aliphatic rings. The number of piperidine rings is 1. The molecule has 7 heteroatoms. The zero-order valence-corrected chi connectivity index (χ0v) is 21.0. The largest absolute Gasteiger partial charge is 0.494 e. The van der Waals surface area contributed by atoms with Crippen LogP contribution in [-0.4, -0.2) is 74.8 Å². The maximum Gasteiger partial charge on any atom is 0.305 e. The first-order valence-electron chi connectivity index (χ1n) is 12.8. The lowest BCUT2D eigenvalue weighted by atomic mass is 9.86.